The molecule has 7 nitrogen and oxygen atoms in total. The average Bonchev–Trinajstić information content (AvgIpc) is 3.42. The van der Waals surface area contributed by atoms with Crippen LogP contribution in [0.3, 0.4) is 0 Å². The van der Waals surface area contributed by atoms with E-state index in [4.69, 9.17) is 0 Å². The van der Waals surface area contributed by atoms with Gasteiger partial charge in [0.05, 0.1) is 5.69 Å². The fourth-order valence-electron chi connectivity index (χ4n) is 2.65. The van der Waals surface area contributed by atoms with Crippen molar-refractivity contribution < 1.29 is 14.4 Å². The Balaban J connectivity index is 1.53. The van der Waals surface area contributed by atoms with Gasteiger partial charge < -0.3 is 10.6 Å². The van der Waals surface area contributed by atoms with Gasteiger partial charge in [0, 0.05) is 24.0 Å². The Morgan fingerprint density at radius 1 is 1.12 bits per heavy atom. The first-order chi connectivity index (χ1) is 12.6. The molecule has 2 fully saturated rings. The molecule has 0 radical (unpaired) electrons. The van der Waals surface area contributed by atoms with Gasteiger partial charge in [-0.3, -0.25) is 14.6 Å². The predicted octanol–water partition coefficient (Wildman–Crippen LogP) is 2.07. The maximum absolute atomic E-state index is 12.6. The number of nitrogens with one attached hydrogen (secondary N) is 2. The molecule has 0 spiro atoms. The summed E-state index contributed by atoms with van der Waals surface area (Å²) in [6.45, 7) is 0. The van der Waals surface area contributed by atoms with Crippen LogP contribution in [0.25, 0.3) is 6.08 Å². The molecule has 0 unspecified atom stereocenters. The molecular formula is C19H16N4O3. The van der Waals surface area contributed by atoms with Crippen LogP contribution in [0.5, 0.6) is 0 Å². The molecule has 1 aliphatic heterocycles. The molecule has 1 aromatic carbocycles. The van der Waals surface area contributed by atoms with E-state index in [-0.39, 0.29) is 17.6 Å². The molecule has 2 N–H and O–H groups in total. The molecule has 0 bridgehead atoms. The lowest BCUT2D eigenvalue weighted by Crippen LogP contribution is -2.30. The van der Waals surface area contributed by atoms with Gasteiger partial charge in [-0.15, -0.1) is 0 Å². The first kappa shape index (κ1) is 16.0. The molecule has 7 heteroatoms. The number of hydrogen-bond donors (Lipinski definition) is 2. The lowest BCUT2D eigenvalue weighted by atomic mass is 10.1. The third-order valence-electron chi connectivity index (χ3n) is 4.20. The Labute approximate surface area is 149 Å². The van der Waals surface area contributed by atoms with Crippen LogP contribution in [0, 0.1) is 0 Å². The van der Waals surface area contributed by atoms with Crippen molar-refractivity contribution in [2.45, 2.75) is 18.9 Å². The molecule has 1 saturated heterocycles. The minimum Gasteiger partial charge on any atom is -0.349 e. The molecule has 0 atom stereocenters. The smallest absolute Gasteiger partial charge is 0.333 e. The van der Waals surface area contributed by atoms with Crippen LogP contribution < -0.4 is 15.5 Å². The quantitative estimate of drug-likeness (QED) is 0.654. The van der Waals surface area contributed by atoms with Crippen LogP contribution in [0.1, 0.15) is 28.8 Å². The minimum atomic E-state index is -0.523. The zero-order chi connectivity index (χ0) is 18.1. The van der Waals surface area contributed by atoms with Crippen molar-refractivity contribution >= 4 is 29.6 Å². The van der Waals surface area contributed by atoms with Gasteiger partial charge in [-0.25, -0.2) is 9.69 Å². The number of rotatable bonds is 4. The summed E-state index contributed by atoms with van der Waals surface area (Å²) in [5.41, 5.74) is 1.86. The summed E-state index contributed by atoms with van der Waals surface area (Å²) in [6, 6.07) is 9.63. The molecule has 2 aliphatic rings. The van der Waals surface area contributed by atoms with Crippen LogP contribution >= 0.6 is 0 Å². The van der Waals surface area contributed by atoms with Gasteiger partial charge in [0.15, 0.2) is 0 Å². The van der Waals surface area contributed by atoms with E-state index in [0.29, 0.717) is 11.3 Å². The van der Waals surface area contributed by atoms with Crippen molar-refractivity contribution in [2.75, 3.05) is 4.90 Å². The molecule has 4 rings (SSSR count). The van der Waals surface area contributed by atoms with Gasteiger partial charge in [-0.2, -0.15) is 0 Å². The molecule has 1 aliphatic carbocycles. The molecule has 4 amide bonds. The van der Waals surface area contributed by atoms with E-state index in [1.807, 2.05) is 0 Å². The van der Waals surface area contributed by atoms with E-state index < -0.39 is 11.9 Å². The maximum atomic E-state index is 12.6. The number of urea groups is 1. The van der Waals surface area contributed by atoms with Gasteiger partial charge in [0.2, 0.25) is 0 Å². The maximum Gasteiger partial charge on any atom is 0.333 e. The Kier molecular flexibility index (Phi) is 3.96. The number of carbonyl (C=O) groups excluding carboxylic acids is 3. The molecule has 130 valence electrons. The molecule has 26 heavy (non-hydrogen) atoms. The second-order valence-electron chi connectivity index (χ2n) is 6.20. The van der Waals surface area contributed by atoms with Crippen molar-refractivity contribution in [3.8, 4) is 0 Å². The van der Waals surface area contributed by atoms with E-state index in [9.17, 15) is 14.4 Å². The third kappa shape index (κ3) is 3.19. The van der Waals surface area contributed by atoms with Crippen LogP contribution in [0.2, 0.25) is 0 Å². The molecular weight excluding hydrogens is 332 g/mol. The second-order valence-corrected chi connectivity index (χ2v) is 6.20. The van der Waals surface area contributed by atoms with Crippen molar-refractivity contribution in [2.24, 2.45) is 0 Å². The summed E-state index contributed by atoms with van der Waals surface area (Å²) in [5.74, 6) is -0.587. The third-order valence-corrected chi connectivity index (χ3v) is 4.20. The van der Waals surface area contributed by atoms with Gasteiger partial charge in [0.1, 0.15) is 5.70 Å². The number of hydrogen-bond acceptors (Lipinski definition) is 4. The Bertz CT molecular complexity index is 902. The molecule has 2 heterocycles. The van der Waals surface area contributed by atoms with E-state index in [2.05, 4.69) is 15.6 Å². The number of carbonyl (C=O) groups is 3. The van der Waals surface area contributed by atoms with Crippen LogP contribution in [-0.2, 0) is 4.79 Å². The largest absolute Gasteiger partial charge is 0.349 e. The first-order valence-corrected chi connectivity index (χ1v) is 8.30. The van der Waals surface area contributed by atoms with E-state index in [1.165, 1.54) is 0 Å². The van der Waals surface area contributed by atoms with Gasteiger partial charge in [-0.05, 0) is 60.9 Å². The number of aromatic nitrogens is 1. The standard InChI is InChI=1S/C19H16N4O3/c24-17(21-14-3-4-14)13-1-5-15(6-2-13)23-18(25)16(22-19(23)26)11-12-7-9-20-10-8-12/h1-2,5-11,14H,3-4H2,(H,21,24)(H,22,26). The Morgan fingerprint density at radius 3 is 2.46 bits per heavy atom. The topological polar surface area (TPSA) is 91.4 Å². The molecule has 2 aromatic rings. The van der Waals surface area contributed by atoms with E-state index in [1.54, 1.807) is 54.9 Å². The van der Waals surface area contributed by atoms with E-state index in [0.717, 1.165) is 23.3 Å². The number of amides is 4. The molecule has 1 aromatic heterocycles. The number of benzene rings is 1. The van der Waals surface area contributed by atoms with Crippen LogP contribution in [0.4, 0.5) is 10.5 Å². The van der Waals surface area contributed by atoms with Gasteiger partial charge in [0.25, 0.3) is 11.8 Å². The average molecular weight is 348 g/mol. The first-order valence-electron chi connectivity index (χ1n) is 8.30. The number of anilines is 1. The minimum absolute atomic E-state index is 0.144. The number of nitrogens with zero attached hydrogens (tertiary/aromatic N) is 2. The predicted molar refractivity (Wildman–Crippen MR) is 95.2 cm³/mol. The Morgan fingerprint density at radius 2 is 1.81 bits per heavy atom. The second kappa shape index (κ2) is 6.44. The lowest BCUT2D eigenvalue weighted by molar-refractivity contribution is -0.113. The Hall–Kier alpha value is -3.48. The fourth-order valence-corrected chi connectivity index (χ4v) is 2.65. The summed E-state index contributed by atoms with van der Waals surface area (Å²) in [7, 11) is 0. The summed E-state index contributed by atoms with van der Waals surface area (Å²) >= 11 is 0. The lowest BCUT2D eigenvalue weighted by Gasteiger charge is -2.12. The summed E-state index contributed by atoms with van der Waals surface area (Å²) in [6.07, 6.45) is 6.84. The number of pyridine rings is 1. The highest BCUT2D eigenvalue weighted by Gasteiger charge is 2.35. The summed E-state index contributed by atoms with van der Waals surface area (Å²) < 4.78 is 0. The van der Waals surface area contributed by atoms with Crippen molar-refractivity contribution in [3.63, 3.8) is 0 Å². The van der Waals surface area contributed by atoms with Gasteiger partial charge >= 0.3 is 6.03 Å². The van der Waals surface area contributed by atoms with Crippen molar-refractivity contribution in [3.05, 3.63) is 65.6 Å². The zero-order valence-electron chi connectivity index (χ0n) is 13.8. The zero-order valence-corrected chi connectivity index (χ0v) is 13.8. The normalized spacial score (nSPS) is 18.2. The highest BCUT2D eigenvalue weighted by molar-refractivity contribution is 6.28. The molecule has 1 saturated carbocycles. The number of imide groups is 1. The SMILES string of the molecule is O=C(NC1CC1)c1ccc(N2C(=O)NC(=Cc3ccncc3)C2=O)cc1. The monoisotopic (exact) mass is 348 g/mol. The van der Waals surface area contributed by atoms with Crippen molar-refractivity contribution in [1.82, 2.24) is 15.6 Å². The summed E-state index contributed by atoms with van der Waals surface area (Å²) in [5, 5.41) is 5.47. The van der Waals surface area contributed by atoms with Crippen molar-refractivity contribution in [1.29, 1.82) is 0 Å². The highest BCUT2D eigenvalue weighted by Crippen LogP contribution is 2.23. The summed E-state index contributed by atoms with van der Waals surface area (Å²) in [4.78, 5) is 41.8. The van der Waals surface area contributed by atoms with Crippen LogP contribution in [-0.4, -0.2) is 28.9 Å². The van der Waals surface area contributed by atoms with E-state index >= 15 is 0 Å². The highest BCUT2D eigenvalue weighted by atomic mass is 16.2. The van der Waals surface area contributed by atoms with Crippen LogP contribution in [0.15, 0.2) is 54.5 Å². The van der Waals surface area contributed by atoms with Gasteiger partial charge in [-0.1, -0.05) is 0 Å². The fraction of sp³-hybridized carbons (Fsp3) is 0.158.